The number of hydrogen-bond donors (Lipinski definition) is 1. The molecule has 0 aromatic rings. The van der Waals surface area contributed by atoms with Crippen molar-refractivity contribution < 1.29 is 28.7 Å². The van der Waals surface area contributed by atoms with Crippen molar-refractivity contribution in [3.8, 4) is 0 Å². The van der Waals surface area contributed by atoms with Gasteiger partial charge in [-0.2, -0.15) is 0 Å². The van der Waals surface area contributed by atoms with Crippen LogP contribution in [0.15, 0.2) is 0 Å². The Morgan fingerprint density at radius 1 is 1.17 bits per heavy atom. The molecule has 0 saturated heterocycles. The molecule has 40 valence electrons. The van der Waals surface area contributed by atoms with Crippen LogP contribution >= 0.6 is 0 Å². The maximum absolute atomic E-state index is 8.69. The van der Waals surface area contributed by atoms with Crippen molar-refractivity contribution >= 4 is 17.6 Å². The zero-order valence-electron chi connectivity index (χ0n) is 2.05. The van der Waals surface area contributed by atoms with Crippen LogP contribution in [0.2, 0.25) is 0 Å². The van der Waals surface area contributed by atoms with Gasteiger partial charge in [0.15, 0.2) is 0 Å². The molecular weight excluding hydrogens is 192 g/mol. The van der Waals surface area contributed by atoms with Gasteiger partial charge in [-0.3, -0.25) is 0 Å². The van der Waals surface area contributed by atoms with Crippen LogP contribution < -0.4 is 0 Å². The molecule has 6 heavy (non-hydrogen) atoms. The number of hydrogen-bond acceptors (Lipinski definition) is 3. The fourth-order valence-corrected chi connectivity index (χ4v) is 0. The van der Waals surface area contributed by atoms with E-state index in [4.69, 9.17) is 15.7 Å². The summed E-state index contributed by atoms with van der Waals surface area (Å²) in [7, 11) is 0. The van der Waals surface area contributed by atoms with E-state index < -0.39 is 13.0 Å². The van der Waals surface area contributed by atoms with Crippen LogP contribution in [0.3, 0.4) is 0 Å². The first kappa shape index (κ1) is 9.66. The van der Waals surface area contributed by atoms with Gasteiger partial charge in [-0.05, 0) is 0 Å². The molecule has 6 heteroatoms. The second-order valence-corrected chi connectivity index (χ2v) is 1.63. The molecule has 0 radical (unpaired) electrons. The Kier molecular flexibility index (Phi) is 4.14. The van der Waals surface area contributed by atoms with Gasteiger partial charge in [-0.25, -0.2) is 0 Å². The minimum atomic E-state index is -5.38. The van der Waals surface area contributed by atoms with Gasteiger partial charge in [-0.15, -0.1) is 0 Å². The van der Waals surface area contributed by atoms with Gasteiger partial charge in [0.1, 0.15) is 0 Å². The topological polar surface area (TPSA) is 71.4 Å². The Bertz CT molecular complexity index is 129. The van der Waals surface area contributed by atoms with Gasteiger partial charge >= 0.3 is 46.3 Å². The number of rotatable bonds is 0. The van der Waals surface area contributed by atoms with Crippen molar-refractivity contribution in [2.24, 2.45) is 0 Å². The molecule has 1 N–H and O–H groups in total. The first-order valence-electron chi connectivity index (χ1n) is 0.632. The molecule has 0 saturated carbocycles. The van der Waals surface area contributed by atoms with E-state index in [0.717, 1.165) is 0 Å². The van der Waals surface area contributed by atoms with Crippen molar-refractivity contribution in [1.29, 1.82) is 0 Å². The summed E-state index contributed by atoms with van der Waals surface area (Å²) in [6.45, 7) is 0. The Labute approximate surface area is 46.7 Å². The fourth-order valence-electron chi connectivity index (χ4n) is 0. The van der Waals surface area contributed by atoms with Gasteiger partial charge in [0.25, 0.3) is 0 Å². The Morgan fingerprint density at radius 2 is 1.17 bits per heavy atom. The average molecular weight is 197 g/mol. The maximum atomic E-state index is 8.69. The van der Waals surface area contributed by atoms with Crippen molar-refractivity contribution in [1.82, 2.24) is 0 Å². The third-order valence-electron chi connectivity index (χ3n) is 0. The van der Waals surface area contributed by atoms with E-state index in [1.165, 1.54) is 0 Å². The SMILES string of the molecule is [GeH4].[O]=[Mn](=[O])(=[O])[OH]. The summed E-state index contributed by atoms with van der Waals surface area (Å²) in [4.78, 5) is 0. The minimum absolute atomic E-state index is 0. The molecule has 0 fully saturated rings. The van der Waals surface area contributed by atoms with Gasteiger partial charge in [-0.1, -0.05) is 0 Å². The molecule has 4 nitrogen and oxygen atoms in total. The second kappa shape index (κ2) is 2.57. The summed E-state index contributed by atoms with van der Waals surface area (Å²) in [5.74, 6) is 0. The quantitative estimate of drug-likeness (QED) is 0.440. The standard InChI is InChI=1S/GeH4.Mn.H2O.3O/h1H4;;1H2;;;/q;+1;;;;/p-1. The third kappa shape index (κ3) is 290. The molecule has 0 spiro atoms. The molecule has 0 bridgehead atoms. The molecule has 0 aliphatic heterocycles. The summed E-state index contributed by atoms with van der Waals surface area (Å²) < 4.78 is 33.1. The molecule has 0 unspecified atom stereocenters. The Morgan fingerprint density at radius 3 is 1.17 bits per heavy atom. The monoisotopic (exact) mass is 198 g/mol. The molecule has 0 aliphatic rings. The third-order valence-corrected chi connectivity index (χ3v) is 0. The molecule has 0 amide bonds. The molecule has 0 aliphatic carbocycles. The predicted molar refractivity (Wildman–Crippen MR) is 15.6 cm³/mol. The van der Waals surface area contributed by atoms with Crippen molar-refractivity contribution in [2.75, 3.05) is 0 Å². The first-order chi connectivity index (χ1) is 2.00. The van der Waals surface area contributed by atoms with Crippen molar-refractivity contribution in [3.05, 3.63) is 0 Å². The van der Waals surface area contributed by atoms with Crippen LogP contribution in [0.4, 0.5) is 0 Å². The second-order valence-electron chi connectivity index (χ2n) is 0.396. The van der Waals surface area contributed by atoms with Crippen molar-refractivity contribution in [2.45, 2.75) is 0 Å². The van der Waals surface area contributed by atoms with E-state index in [-0.39, 0.29) is 17.6 Å². The van der Waals surface area contributed by atoms with Gasteiger partial charge in [0.2, 0.25) is 0 Å². The molecule has 0 atom stereocenters. The van der Waals surface area contributed by atoms with E-state index in [1.54, 1.807) is 0 Å². The summed E-state index contributed by atoms with van der Waals surface area (Å²) in [5.41, 5.74) is 0. The molecule has 0 rings (SSSR count). The molecular formula is H5GeMnO4. The average Bonchev–Trinajstić information content (AvgIpc) is 0.722. The van der Waals surface area contributed by atoms with Crippen LogP contribution in [0.5, 0.6) is 0 Å². The summed E-state index contributed by atoms with van der Waals surface area (Å²) in [5, 5.41) is 0. The van der Waals surface area contributed by atoms with E-state index in [1.807, 2.05) is 0 Å². The van der Waals surface area contributed by atoms with Crippen LogP contribution in [0, 0.1) is 0 Å². The van der Waals surface area contributed by atoms with Crippen LogP contribution in [-0.4, -0.2) is 21.8 Å². The predicted octanol–water partition coefficient (Wildman–Crippen LogP) is -2.37. The van der Waals surface area contributed by atoms with Gasteiger partial charge in [0.05, 0.1) is 0 Å². The van der Waals surface area contributed by atoms with E-state index in [9.17, 15) is 0 Å². The van der Waals surface area contributed by atoms with Gasteiger partial charge < -0.3 is 0 Å². The summed E-state index contributed by atoms with van der Waals surface area (Å²) in [6.07, 6.45) is 0. The first-order valence-corrected chi connectivity index (χ1v) is 2.61. The van der Waals surface area contributed by atoms with E-state index in [2.05, 4.69) is 0 Å². The van der Waals surface area contributed by atoms with Crippen LogP contribution in [0.1, 0.15) is 0 Å². The Hall–Kier alpha value is 0.422. The molecule has 0 aromatic heterocycles. The fraction of sp³-hybridized carbons (Fsp3) is 0. The Balaban J connectivity index is 0. The summed E-state index contributed by atoms with van der Waals surface area (Å²) in [6, 6.07) is 0. The molecule has 0 heterocycles. The van der Waals surface area contributed by atoms with E-state index in [0.29, 0.717) is 0 Å². The molecule has 0 aromatic carbocycles. The normalized spacial score (nSPS) is 9.50. The van der Waals surface area contributed by atoms with E-state index >= 15 is 0 Å². The summed E-state index contributed by atoms with van der Waals surface area (Å²) >= 11 is -5.38. The van der Waals surface area contributed by atoms with Crippen LogP contribution in [0.25, 0.3) is 0 Å². The van der Waals surface area contributed by atoms with Crippen LogP contribution in [-0.2, 0) is 24.5 Å². The van der Waals surface area contributed by atoms with Crippen molar-refractivity contribution in [3.63, 3.8) is 0 Å². The zero-order chi connectivity index (χ0) is 4.50. The zero-order valence-corrected chi connectivity index (χ0v) is 3.23. The van der Waals surface area contributed by atoms with Gasteiger partial charge in [0, 0.05) is 0 Å².